The number of benzene rings is 2. The summed E-state index contributed by atoms with van der Waals surface area (Å²) in [6.07, 6.45) is -1.15. The van der Waals surface area contributed by atoms with Crippen molar-refractivity contribution in [2.24, 2.45) is 0 Å². The molecular weight excluding hydrogens is 359 g/mol. The van der Waals surface area contributed by atoms with Gasteiger partial charge >= 0.3 is 0 Å². The van der Waals surface area contributed by atoms with Crippen molar-refractivity contribution in [1.82, 2.24) is 0 Å². The highest BCUT2D eigenvalue weighted by molar-refractivity contribution is 7.85. The van der Waals surface area contributed by atoms with Crippen LogP contribution in [0.3, 0.4) is 0 Å². The molecule has 0 aliphatic heterocycles. The number of hydrogen-bond acceptors (Lipinski definition) is 3. The van der Waals surface area contributed by atoms with Crippen LogP contribution in [0.5, 0.6) is 0 Å². The molecule has 0 aromatic heterocycles. The summed E-state index contributed by atoms with van der Waals surface area (Å²) in [4.78, 5) is -0.272. The third-order valence-corrected chi connectivity index (χ3v) is 4.52. The van der Waals surface area contributed by atoms with Crippen molar-refractivity contribution < 1.29 is 18.1 Å². The van der Waals surface area contributed by atoms with Gasteiger partial charge in [0.15, 0.2) is 0 Å². The van der Waals surface area contributed by atoms with Crippen LogP contribution < -0.4 is 0 Å². The zero-order valence-corrected chi connectivity index (χ0v) is 13.4. The first-order valence-corrected chi connectivity index (χ1v) is 8.17. The fourth-order valence-corrected chi connectivity index (χ4v) is 3.31. The summed E-state index contributed by atoms with van der Waals surface area (Å²) in [5.41, 5.74) is 0.635. The zero-order valence-electron chi connectivity index (χ0n) is 10.3. The van der Waals surface area contributed by atoms with Crippen LogP contribution in [0.2, 0.25) is 15.1 Å². The minimum atomic E-state index is -4.28. The molecule has 2 aromatic rings. The van der Waals surface area contributed by atoms with E-state index in [1.165, 1.54) is 36.4 Å². The second-order valence-corrected chi connectivity index (χ2v) is 6.90. The lowest BCUT2D eigenvalue weighted by Gasteiger charge is -2.15. The van der Waals surface area contributed by atoms with Gasteiger partial charge in [0.25, 0.3) is 10.1 Å². The van der Waals surface area contributed by atoms with E-state index in [1.54, 1.807) is 0 Å². The first kappa shape index (κ1) is 16.5. The topological polar surface area (TPSA) is 74.6 Å². The number of aliphatic hydroxyl groups is 1. The van der Waals surface area contributed by atoms with Crippen molar-refractivity contribution >= 4 is 44.9 Å². The molecule has 1 atom stereocenters. The van der Waals surface area contributed by atoms with E-state index in [4.69, 9.17) is 39.4 Å². The second-order valence-electron chi connectivity index (χ2n) is 4.23. The monoisotopic (exact) mass is 366 g/mol. The summed E-state index contributed by atoms with van der Waals surface area (Å²) < 4.78 is 30.8. The van der Waals surface area contributed by atoms with Crippen molar-refractivity contribution in [3.63, 3.8) is 0 Å². The molecule has 0 heterocycles. The van der Waals surface area contributed by atoms with Gasteiger partial charge in [-0.05, 0) is 29.8 Å². The van der Waals surface area contributed by atoms with Gasteiger partial charge in [-0.25, -0.2) is 0 Å². The van der Waals surface area contributed by atoms with E-state index in [0.29, 0.717) is 10.6 Å². The third-order valence-electron chi connectivity index (χ3n) is 2.81. The largest absolute Gasteiger partial charge is 0.384 e. The average molecular weight is 368 g/mol. The first-order chi connectivity index (χ1) is 9.70. The van der Waals surface area contributed by atoms with Gasteiger partial charge in [-0.1, -0.05) is 46.9 Å². The molecule has 8 heteroatoms. The maximum atomic E-state index is 11.0. The van der Waals surface area contributed by atoms with Gasteiger partial charge in [0.2, 0.25) is 0 Å². The molecule has 21 heavy (non-hydrogen) atoms. The third kappa shape index (κ3) is 3.69. The molecule has 0 amide bonds. The summed E-state index contributed by atoms with van der Waals surface area (Å²) in [5.74, 6) is 0. The Balaban J connectivity index is 2.44. The van der Waals surface area contributed by atoms with Crippen LogP contribution >= 0.6 is 34.8 Å². The predicted molar refractivity (Wildman–Crippen MR) is 81.8 cm³/mol. The SMILES string of the molecule is O=S(=O)(O)c1ccc(C(O)c2c(Cl)cc(Cl)cc2Cl)cc1. The normalized spacial score (nSPS) is 13.2. The van der Waals surface area contributed by atoms with Gasteiger partial charge in [0.05, 0.1) is 4.90 Å². The highest BCUT2D eigenvalue weighted by Crippen LogP contribution is 2.36. The lowest BCUT2D eigenvalue weighted by Crippen LogP contribution is -2.03. The summed E-state index contributed by atoms with van der Waals surface area (Å²) in [5, 5.41) is 11.0. The van der Waals surface area contributed by atoms with Crippen molar-refractivity contribution in [3.8, 4) is 0 Å². The minimum Gasteiger partial charge on any atom is -0.384 e. The summed E-state index contributed by atoms with van der Waals surface area (Å²) in [6, 6.07) is 7.95. The summed E-state index contributed by atoms with van der Waals surface area (Å²) in [7, 11) is -4.28. The van der Waals surface area contributed by atoms with Gasteiger partial charge in [0.1, 0.15) is 6.10 Å². The van der Waals surface area contributed by atoms with Crippen molar-refractivity contribution in [1.29, 1.82) is 0 Å². The van der Waals surface area contributed by atoms with Crippen LogP contribution in [0.1, 0.15) is 17.2 Å². The molecule has 0 saturated heterocycles. The molecule has 2 aromatic carbocycles. The molecule has 0 radical (unpaired) electrons. The Kier molecular flexibility index (Phi) is 4.82. The van der Waals surface area contributed by atoms with E-state index in [9.17, 15) is 13.5 Å². The average Bonchev–Trinajstić information content (AvgIpc) is 2.36. The van der Waals surface area contributed by atoms with Crippen LogP contribution in [-0.4, -0.2) is 18.1 Å². The van der Waals surface area contributed by atoms with E-state index in [0.717, 1.165) is 0 Å². The van der Waals surface area contributed by atoms with Crippen LogP contribution in [0, 0.1) is 0 Å². The Morgan fingerprint density at radius 2 is 1.43 bits per heavy atom. The zero-order chi connectivity index (χ0) is 15.8. The Morgan fingerprint density at radius 1 is 0.952 bits per heavy atom. The van der Waals surface area contributed by atoms with Crippen molar-refractivity contribution in [2.75, 3.05) is 0 Å². The standard InChI is InChI=1S/C13H9Cl3O4S/c14-8-5-10(15)12(11(16)6-8)13(17)7-1-3-9(4-2-7)21(18,19)20/h1-6,13,17H,(H,18,19,20). The number of hydrogen-bond donors (Lipinski definition) is 2. The van der Waals surface area contributed by atoms with Crippen molar-refractivity contribution in [3.05, 3.63) is 62.6 Å². The van der Waals surface area contributed by atoms with Crippen LogP contribution in [0.25, 0.3) is 0 Å². The number of aliphatic hydroxyl groups excluding tert-OH is 1. The first-order valence-electron chi connectivity index (χ1n) is 5.60. The van der Waals surface area contributed by atoms with Crippen molar-refractivity contribution in [2.45, 2.75) is 11.0 Å². The quantitative estimate of drug-likeness (QED) is 0.805. The molecule has 2 N–H and O–H groups in total. The summed E-state index contributed by atoms with van der Waals surface area (Å²) in [6.45, 7) is 0. The summed E-state index contributed by atoms with van der Waals surface area (Å²) >= 11 is 17.8. The van der Waals surface area contributed by atoms with Crippen LogP contribution in [-0.2, 0) is 10.1 Å². The Labute approximate surface area is 136 Å². The second kappa shape index (κ2) is 6.12. The molecule has 0 aliphatic rings. The molecule has 0 fully saturated rings. The van der Waals surface area contributed by atoms with E-state index in [1.807, 2.05) is 0 Å². The van der Waals surface area contributed by atoms with Gasteiger partial charge in [-0.2, -0.15) is 8.42 Å². The van der Waals surface area contributed by atoms with E-state index in [2.05, 4.69) is 0 Å². The maximum Gasteiger partial charge on any atom is 0.294 e. The maximum absolute atomic E-state index is 11.0. The minimum absolute atomic E-state index is 0.193. The van der Waals surface area contributed by atoms with Gasteiger partial charge in [-0.3, -0.25) is 4.55 Å². The molecule has 2 rings (SSSR count). The molecule has 0 bridgehead atoms. The molecule has 0 aliphatic carbocycles. The molecule has 4 nitrogen and oxygen atoms in total. The molecule has 1 unspecified atom stereocenters. The molecular formula is C13H9Cl3O4S. The fourth-order valence-electron chi connectivity index (χ4n) is 1.80. The smallest absolute Gasteiger partial charge is 0.294 e. The van der Waals surface area contributed by atoms with E-state index < -0.39 is 16.2 Å². The molecule has 0 saturated carbocycles. The Hall–Kier alpha value is -0.820. The predicted octanol–water partition coefficient (Wildman–Crippen LogP) is 3.98. The van der Waals surface area contributed by atoms with Gasteiger partial charge in [0, 0.05) is 20.6 Å². The molecule has 0 spiro atoms. The fraction of sp³-hybridized carbons (Fsp3) is 0.0769. The Bertz CT molecular complexity index is 749. The van der Waals surface area contributed by atoms with E-state index >= 15 is 0 Å². The van der Waals surface area contributed by atoms with Gasteiger partial charge in [-0.15, -0.1) is 0 Å². The number of rotatable bonds is 3. The Morgan fingerprint density at radius 3 is 1.86 bits per heavy atom. The lowest BCUT2D eigenvalue weighted by molar-refractivity contribution is 0.220. The highest BCUT2D eigenvalue weighted by Gasteiger charge is 2.19. The van der Waals surface area contributed by atoms with Crippen LogP contribution in [0.4, 0.5) is 0 Å². The van der Waals surface area contributed by atoms with Crippen LogP contribution in [0.15, 0.2) is 41.3 Å². The lowest BCUT2D eigenvalue weighted by atomic mass is 10.0. The molecule has 112 valence electrons. The van der Waals surface area contributed by atoms with E-state index in [-0.39, 0.29) is 20.5 Å². The van der Waals surface area contributed by atoms with Gasteiger partial charge < -0.3 is 5.11 Å². The highest BCUT2D eigenvalue weighted by atomic mass is 35.5. The number of halogens is 3.